The summed E-state index contributed by atoms with van der Waals surface area (Å²) >= 11 is 0. The fraction of sp³-hybridized carbons (Fsp3) is 0.647. The molecule has 1 aliphatic rings. The van der Waals surface area contributed by atoms with Gasteiger partial charge in [0, 0.05) is 0 Å². The van der Waals surface area contributed by atoms with Crippen molar-refractivity contribution >= 4 is 0 Å². The van der Waals surface area contributed by atoms with E-state index < -0.39 is 0 Å². The minimum Gasteiger partial charge on any atom is -0.487 e. The van der Waals surface area contributed by atoms with Gasteiger partial charge >= 0.3 is 0 Å². The minimum absolute atomic E-state index is 0.0242. The van der Waals surface area contributed by atoms with Crippen molar-refractivity contribution in [3.05, 3.63) is 24.3 Å². The Morgan fingerprint density at radius 2 is 1.50 bits per heavy atom. The molecular weight excluding hydrogens is 284 g/mol. The van der Waals surface area contributed by atoms with Crippen molar-refractivity contribution in [2.24, 2.45) is 0 Å². The molecule has 0 amide bonds. The third-order valence-electron chi connectivity index (χ3n) is 3.29. The van der Waals surface area contributed by atoms with Crippen LogP contribution in [-0.2, 0) is 14.2 Å². The van der Waals surface area contributed by atoms with E-state index in [0.717, 1.165) is 24.3 Å². The van der Waals surface area contributed by atoms with Crippen LogP contribution in [0.25, 0.3) is 0 Å². The van der Waals surface area contributed by atoms with Gasteiger partial charge in [-0.1, -0.05) is 25.5 Å². The van der Waals surface area contributed by atoms with Gasteiger partial charge in [-0.05, 0) is 18.6 Å². The minimum atomic E-state index is 0.0242. The van der Waals surface area contributed by atoms with Crippen LogP contribution in [0.2, 0.25) is 0 Å². The Bertz CT molecular complexity index is 410. The standard InChI is InChI=1S/C17H26O5/c1-2-5-15-14-20-11-10-18-8-9-19-12-13-21-16-6-3-4-7-17(16)22-15/h3-4,6-7,15H,2,5,8-14H2,1H3/t15-/m0/s1. The number of para-hydroxylation sites is 2. The molecule has 2 rings (SSSR count). The average molecular weight is 310 g/mol. The molecule has 1 atom stereocenters. The van der Waals surface area contributed by atoms with Crippen molar-refractivity contribution < 1.29 is 23.7 Å². The monoisotopic (exact) mass is 310 g/mol. The highest BCUT2D eigenvalue weighted by atomic mass is 16.6. The van der Waals surface area contributed by atoms with E-state index in [1.165, 1.54) is 0 Å². The Labute approximate surface area is 132 Å². The number of hydrogen-bond acceptors (Lipinski definition) is 5. The third-order valence-corrected chi connectivity index (χ3v) is 3.29. The Hall–Kier alpha value is -1.30. The molecule has 0 saturated heterocycles. The first kappa shape index (κ1) is 17.1. The zero-order valence-electron chi connectivity index (χ0n) is 13.3. The van der Waals surface area contributed by atoms with Crippen molar-refractivity contribution in [3.63, 3.8) is 0 Å². The number of fused-ring (bicyclic) bond motifs is 1. The maximum absolute atomic E-state index is 6.08. The molecule has 0 saturated carbocycles. The number of hydrogen-bond donors (Lipinski definition) is 0. The maximum atomic E-state index is 6.08. The quantitative estimate of drug-likeness (QED) is 0.840. The van der Waals surface area contributed by atoms with E-state index in [1.54, 1.807) is 0 Å². The van der Waals surface area contributed by atoms with Crippen LogP contribution in [0.1, 0.15) is 19.8 Å². The SMILES string of the molecule is CCC[C@H]1COCCOCCOCCOc2ccccc2O1. The molecule has 0 aromatic heterocycles. The van der Waals surface area contributed by atoms with Crippen LogP contribution < -0.4 is 9.47 Å². The van der Waals surface area contributed by atoms with E-state index in [1.807, 2.05) is 24.3 Å². The molecule has 1 aliphatic heterocycles. The normalized spacial score (nSPS) is 21.6. The smallest absolute Gasteiger partial charge is 0.161 e. The summed E-state index contributed by atoms with van der Waals surface area (Å²) in [6.45, 7) is 6.03. The average Bonchev–Trinajstić information content (AvgIpc) is 2.54. The summed E-state index contributed by atoms with van der Waals surface area (Å²) in [6, 6.07) is 7.74. The van der Waals surface area contributed by atoms with Gasteiger partial charge < -0.3 is 23.7 Å². The predicted octanol–water partition coefficient (Wildman–Crippen LogP) is 2.68. The lowest BCUT2D eigenvalue weighted by Gasteiger charge is -2.20. The summed E-state index contributed by atoms with van der Waals surface area (Å²) in [5, 5.41) is 0. The van der Waals surface area contributed by atoms with E-state index in [4.69, 9.17) is 23.7 Å². The molecule has 5 heteroatoms. The van der Waals surface area contributed by atoms with Crippen LogP contribution in [-0.4, -0.2) is 52.4 Å². The summed E-state index contributed by atoms with van der Waals surface area (Å²) in [4.78, 5) is 0. The summed E-state index contributed by atoms with van der Waals surface area (Å²) in [5.41, 5.74) is 0. The van der Waals surface area contributed by atoms with Crippen molar-refractivity contribution in [2.45, 2.75) is 25.9 Å². The lowest BCUT2D eigenvalue weighted by atomic mass is 10.2. The van der Waals surface area contributed by atoms with Gasteiger partial charge in [0.1, 0.15) is 12.7 Å². The molecule has 124 valence electrons. The van der Waals surface area contributed by atoms with Crippen molar-refractivity contribution in [1.82, 2.24) is 0 Å². The molecule has 0 N–H and O–H groups in total. The third kappa shape index (κ3) is 6.22. The molecule has 0 fully saturated rings. The van der Waals surface area contributed by atoms with E-state index in [-0.39, 0.29) is 6.10 Å². The van der Waals surface area contributed by atoms with E-state index in [9.17, 15) is 0 Å². The second-order valence-corrected chi connectivity index (χ2v) is 5.12. The van der Waals surface area contributed by atoms with Crippen LogP contribution >= 0.6 is 0 Å². The highest BCUT2D eigenvalue weighted by molar-refractivity contribution is 5.39. The molecular formula is C17H26O5. The summed E-state index contributed by atoms with van der Waals surface area (Å²) in [5.74, 6) is 1.51. The Morgan fingerprint density at radius 3 is 2.23 bits per heavy atom. The first-order valence-corrected chi connectivity index (χ1v) is 8.02. The van der Waals surface area contributed by atoms with Gasteiger partial charge in [0.05, 0.1) is 39.6 Å². The first-order valence-electron chi connectivity index (χ1n) is 8.02. The summed E-state index contributed by atoms with van der Waals surface area (Å²) < 4.78 is 28.4. The van der Waals surface area contributed by atoms with Crippen LogP contribution in [0, 0.1) is 0 Å². The van der Waals surface area contributed by atoms with Gasteiger partial charge in [-0.25, -0.2) is 0 Å². The van der Waals surface area contributed by atoms with Gasteiger partial charge in [-0.15, -0.1) is 0 Å². The van der Waals surface area contributed by atoms with Crippen molar-refractivity contribution in [3.8, 4) is 11.5 Å². The fourth-order valence-electron chi connectivity index (χ4n) is 2.21. The second-order valence-electron chi connectivity index (χ2n) is 5.12. The molecule has 0 aliphatic carbocycles. The molecule has 1 aromatic rings. The zero-order chi connectivity index (χ0) is 15.5. The Balaban J connectivity index is 2.00. The van der Waals surface area contributed by atoms with Gasteiger partial charge in [0.2, 0.25) is 0 Å². The van der Waals surface area contributed by atoms with Crippen LogP contribution in [0.5, 0.6) is 11.5 Å². The molecule has 0 unspecified atom stereocenters. The molecule has 0 radical (unpaired) electrons. The van der Waals surface area contributed by atoms with Gasteiger partial charge in [0.15, 0.2) is 11.5 Å². The maximum Gasteiger partial charge on any atom is 0.161 e. The van der Waals surface area contributed by atoms with Crippen molar-refractivity contribution in [2.75, 3.05) is 46.2 Å². The van der Waals surface area contributed by atoms with Gasteiger partial charge in [0.25, 0.3) is 0 Å². The molecule has 0 spiro atoms. The van der Waals surface area contributed by atoms with E-state index >= 15 is 0 Å². The Kier molecular flexibility index (Phi) is 8.09. The number of rotatable bonds is 2. The van der Waals surface area contributed by atoms with Gasteiger partial charge in [-0.2, -0.15) is 0 Å². The summed E-state index contributed by atoms with van der Waals surface area (Å²) in [6.07, 6.45) is 2.01. The summed E-state index contributed by atoms with van der Waals surface area (Å²) in [7, 11) is 0. The van der Waals surface area contributed by atoms with E-state index in [2.05, 4.69) is 6.92 Å². The molecule has 1 aromatic carbocycles. The Morgan fingerprint density at radius 1 is 0.864 bits per heavy atom. The topological polar surface area (TPSA) is 46.2 Å². The zero-order valence-corrected chi connectivity index (χ0v) is 13.3. The van der Waals surface area contributed by atoms with Crippen LogP contribution in [0.4, 0.5) is 0 Å². The van der Waals surface area contributed by atoms with Crippen LogP contribution in [0.3, 0.4) is 0 Å². The largest absolute Gasteiger partial charge is 0.487 e. The highest BCUT2D eigenvalue weighted by Gasteiger charge is 2.13. The molecule has 22 heavy (non-hydrogen) atoms. The predicted molar refractivity (Wildman–Crippen MR) is 83.7 cm³/mol. The van der Waals surface area contributed by atoms with E-state index in [0.29, 0.717) is 46.2 Å². The lowest BCUT2D eigenvalue weighted by Crippen LogP contribution is -2.24. The van der Waals surface area contributed by atoms with Crippen molar-refractivity contribution in [1.29, 1.82) is 0 Å². The number of benzene rings is 1. The number of ether oxygens (including phenoxy) is 5. The van der Waals surface area contributed by atoms with Crippen LogP contribution in [0.15, 0.2) is 24.3 Å². The highest BCUT2D eigenvalue weighted by Crippen LogP contribution is 2.28. The molecule has 1 heterocycles. The molecule has 0 bridgehead atoms. The second kappa shape index (κ2) is 10.4. The molecule has 5 nitrogen and oxygen atoms in total. The van der Waals surface area contributed by atoms with Gasteiger partial charge in [-0.3, -0.25) is 0 Å². The fourth-order valence-corrected chi connectivity index (χ4v) is 2.21. The lowest BCUT2D eigenvalue weighted by molar-refractivity contribution is -0.00577. The first-order chi connectivity index (χ1) is 10.9.